The average Bonchev–Trinajstić information content (AvgIpc) is 3.01. The molecule has 0 bridgehead atoms. The number of methoxy groups -OCH3 is 2. The number of aromatic amines is 1. The zero-order chi connectivity index (χ0) is 17.5. The molecule has 2 N–H and O–H groups in total. The predicted molar refractivity (Wildman–Crippen MR) is 91.4 cm³/mol. The van der Waals surface area contributed by atoms with Gasteiger partial charge < -0.3 is 14.6 Å². The Bertz CT molecular complexity index is 743. The molecule has 24 heavy (non-hydrogen) atoms. The zero-order valence-corrected chi connectivity index (χ0v) is 14.5. The summed E-state index contributed by atoms with van der Waals surface area (Å²) in [7, 11) is 3.04. The molecule has 0 fully saturated rings. The van der Waals surface area contributed by atoms with Crippen LogP contribution in [0.3, 0.4) is 0 Å². The summed E-state index contributed by atoms with van der Waals surface area (Å²) in [6, 6.07) is 5.27. The number of aryl methyl sites for hydroxylation is 1. The van der Waals surface area contributed by atoms with Crippen molar-refractivity contribution >= 4 is 23.8 Å². The van der Waals surface area contributed by atoms with E-state index in [2.05, 4.69) is 15.2 Å². The Morgan fingerprint density at radius 2 is 2.17 bits per heavy atom. The fourth-order valence-corrected chi connectivity index (χ4v) is 2.79. The van der Waals surface area contributed by atoms with E-state index in [1.54, 1.807) is 18.2 Å². The summed E-state index contributed by atoms with van der Waals surface area (Å²) in [5.41, 5.74) is 0.603. The predicted octanol–water partition coefficient (Wildman–Crippen LogP) is 2.99. The summed E-state index contributed by atoms with van der Waals surface area (Å²) < 4.78 is 10.6. The number of nitrogens with one attached hydrogen (secondary N) is 1. The molecule has 0 aliphatic carbocycles. The molecule has 0 unspecified atom stereocenters. The van der Waals surface area contributed by atoms with Crippen molar-refractivity contribution < 1.29 is 19.4 Å². The summed E-state index contributed by atoms with van der Waals surface area (Å²) in [5, 5.41) is 16.7. The summed E-state index contributed by atoms with van der Waals surface area (Å²) in [4.78, 5) is 15.9. The number of carboxylic acids is 1. The lowest BCUT2D eigenvalue weighted by Gasteiger charge is -2.10. The first-order chi connectivity index (χ1) is 11.6. The molecule has 0 amide bonds. The summed E-state index contributed by atoms with van der Waals surface area (Å²) >= 11 is 0.983. The van der Waals surface area contributed by atoms with E-state index in [1.165, 1.54) is 20.3 Å². The van der Waals surface area contributed by atoms with Crippen molar-refractivity contribution in [2.75, 3.05) is 14.2 Å². The number of thioether (sulfide) groups is 1. The maximum absolute atomic E-state index is 11.6. The SMILES string of the molecule is CCCc1nc(S/C(=C\c2cccc(OC)c2OC)C(=O)O)n[nH]1. The molecule has 0 aliphatic heterocycles. The molecule has 0 radical (unpaired) electrons. The average molecular weight is 349 g/mol. The van der Waals surface area contributed by atoms with Gasteiger partial charge in [-0.05, 0) is 30.3 Å². The van der Waals surface area contributed by atoms with Crippen LogP contribution >= 0.6 is 11.8 Å². The lowest BCUT2D eigenvalue weighted by molar-refractivity contribution is -0.131. The third-order valence-corrected chi connectivity index (χ3v) is 4.01. The second kappa shape index (κ2) is 8.39. The quantitative estimate of drug-likeness (QED) is 0.558. The van der Waals surface area contributed by atoms with Crippen LogP contribution in [-0.2, 0) is 11.2 Å². The molecule has 2 rings (SSSR count). The molecule has 0 saturated carbocycles. The zero-order valence-electron chi connectivity index (χ0n) is 13.7. The number of aliphatic carboxylic acids is 1. The molecule has 2 aromatic rings. The van der Waals surface area contributed by atoms with Gasteiger partial charge in [0.1, 0.15) is 10.7 Å². The standard InChI is InChI=1S/C16H19N3O4S/c1-4-6-13-17-16(19-18-13)24-12(15(20)21)9-10-7-5-8-11(22-2)14(10)23-3/h5,7-9H,4,6H2,1-3H3,(H,20,21)(H,17,18,19)/b12-9-. The van der Waals surface area contributed by atoms with Gasteiger partial charge in [0.15, 0.2) is 11.5 Å². The molecule has 1 aromatic carbocycles. The van der Waals surface area contributed by atoms with Crippen LogP contribution in [-0.4, -0.2) is 40.5 Å². The Morgan fingerprint density at radius 3 is 2.79 bits per heavy atom. The van der Waals surface area contributed by atoms with Gasteiger partial charge in [-0.25, -0.2) is 9.78 Å². The first-order valence-electron chi connectivity index (χ1n) is 7.34. The maximum Gasteiger partial charge on any atom is 0.342 e. The van der Waals surface area contributed by atoms with E-state index in [-0.39, 0.29) is 4.91 Å². The van der Waals surface area contributed by atoms with Crippen LogP contribution in [0.25, 0.3) is 6.08 Å². The molecule has 128 valence electrons. The van der Waals surface area contributed by atoms with E-state index in [0.29, 0.717) is 22.2 Å². The number of carboxylic acid groups (broad SMARTS) is 1. The van der Waals surface area contributed by atoms with Gasteiger partial charge >= 0.3 is 5.97 Å². The number of ether oxygens (including phenoxy) is 2. The van der Waals surface area contributed by atoms with Crippen molar-refractivity contribution in [1.82, 2.24) is 15.2 Å². The van der Waals surface area contributed by atoms with Crippen LogP contribution in [0.5, 0.6) is 11.5 Å². The molecule has 7 nitrogen and oxygen atoms in total. The highest BCUT2D eigenvalue weighted by Gasteiger charge is 2.16. The number of hydrogen-bond acceptors (Lipinski definition) is 6. The Morgan fingerprint density at radius 1 is 1.38 bits per heavy atom. The van der Waals surface area contributed by atoms with Crippen molar-refractivity contribution in [3.63, 3.8) is 0 Å². The second-order valence-electron chi connectivity index (χ2n) is 4.81. The molecular formula is C16H19N3O4S. The highest BCUT2D eigenvalue weighted by atomic mass is 32.2. The lowest BCUT2D eigenvalue weighted by atomic mass is 10.1. The summed E-state index contributed by atoms with van der Waals surface area (Å²) in [5.74, 6) is 0.681. The van der Waals surface area contributed by atoms with E-state index in [0.717, 1.165) is 30.4 Å². The first kappa shape index (κ1) is 17.9. The lowest BCUT2D eigenvalue weighted by Crippen LogP contribution is -1.99. The fraction of sp³-hybridized carbons (Fsp3) is 0.312. The van der Waals surface area contributed by atoms with Gasteiger partial charge in [0.05, 0.1) is 14.2 Å². The largest absolute Gasteiger partial charge is 0.493 e. The number of benzene rings is 1. The smallest absolute Gasteiger partial charge is 0.342 e. The van der Waals surface area contributed by atoms with Gasteiger partial charge in [-0.2, -0.15) is 0 Å². The second-order valence-corrected chi connectivity index (χ2v) is 5.82. The Balaban J connectivity index is 2.33. The van der Waals surface area contributed by atoms with Gasteiger partial charge in [-0.1, -0.05) is 19.1 Å². The number of para-hydroxylation sites is 1. The van der Waals surface area contributed by atoms with E-state index >= 15 is 0 Å². The van der Waals surface area contributed by atoms with Gasteiger partial charge in [0, 0.05) is 12.0 Å². The Hall–Kier alpha value is -2.48. The number of nitrogens with zero attached hydrogens (tertiary/aromatic N) is 2. The normalized spacial score (nSPS) is 11.4. The van der Waals surface area contributed by atoms with Crippen LogP contribution in [0.4, 0.5) is 0 Å². The van der Waals surface area contributed by atoms with Gasteiger partial charge in [-0.15, -0.1) is 5.10 Å². The first-order valence-corrected chi connectivity index (χ1v) is 8.15. The van der Waals surface area contributed by atoms with Crippen LogP contribution in [0.2, 0.25) is 0 Å². The minimum Gasteiger partial charge on any atom is -0.493 e. The molecule has 8 heteroatoms. The van der Waals surface area contributed by atoms with E-state index in [9.17, 15) is 9.90 Å². The number of hydrogen-bond donors (Lipinski definition) is 2. The third kappa shape index (κ3) is 4.29. The third-order valence-electron chi connectivity index (χ3n) is 3.13. The van der Waals surface area contributed by atoms with E-state index < -0.39 is 5.97 Å². The minimum absolute atomic E-state index is 0.0867. The summed E-state index contributed by atoms with van der Waals surface area (Å²) in [6.45, 7) is 2.03. The van der Waals surface area contributed by atoms with Crippen molar-refractivity contribution in [2.24, 2.45) is 0 Å². The highest BCUT2D eigenvalue weighted by Crippen LogP contribution is 2.34. The van der Waals surface area contributed by atoms with E-state index in [1.807, 2.05) is 6.92 Å². The Kier molecular flexibility index (Phi) is 6.25. The van der Waals surface area contributed by atoms with Crippen molar-refractivity contribution in [3.8, 4) is 11.5 Å². The number of rotatable bonds is 8. The van der Waals surface area contributed by atoms with Crippen LogP contribution in [0, 0.1) is 0 Å². The van der Waals surface area contributed by atoms with Gasteiger partial charge in [-0.3, -0.25) is 5.10 Å². The molecule has 0 aliphatic rings. The molecule has 1 aromatic heterocycles. The molecule has 0 saturated heterocycles. The number of H-pyrrole nitrogens is 1. The fourth-order valence-electron chi connectivity index (χ4n) is 2.07. The summed E-state index contributed by atoms with van der Waals surface area (Å²) in [6.07, 6.45) is 3.22. The number of carbonyl (C=O) groups is 1. The monoisotopic (exact) mass is 349 g/mol. The Labute approximate surface area is 144 Å². The maximum atomic E-state index is 11.6. The molecular weight excluding hydrogens is 330 g/mol. The molecule has 1 heterocycles. The van der Waals surface area contributed by atoms with Crippen LogP contribution in [0.1, 0.15) is 24.7 Å². The van der Waals surface area contributed by atoms with Gasteiger partial charge in [0.2, 0.25) is 5.16 Å². The van der Waals surface area contributed by atoms with Crippen molar-refractivity contribution in [2.45, 2.75) is 24.9 Å². The van der Waals surface area contributed by atoms with Crippen molar-refractivity contribution in [3.05, 3.63) is 34.5 Å². The van der Waals surface area contributed by atoms with Gasteiger partial charge in [0.25, 0.3) is 0 Å². The minimum atomic E-state index is -1.06. The number of aromatic nitrogens is 3. The topological polar surface area (TPSA) is 97.3 Å². The highest BCUT2D eigenvalue weighted by molar-refractivity contribution is 8.04. The molecule has 0 spiro atoms. The van der Waals surface area contributed by atoms with Crippen LogP contribution in [0.15, 0.2) is 28.3 Å². The molecule has 0 atom stereocenters. The van der Waals surface area contributed by atoms with Crippen LogP contribution < -0.4 is 9.47 Å². The van der Waals surface area contributed by atoms with Crippen molar-refractivity contribution in [1.29, 1.82) is 0 Å². The van der Waals surface area contributed by atoms with E-state index in [4.69, 9.17) is 9.47 Å².